The lowest BCUT2D eigenvalue weighted by molar-refractivity contribution is 0.170. The summed E-state index contributed by atoms with van der Waals surface area (Å²) < 4.78 is 0. The van der Waals surface area contributed by atoms with Crippen molar-refractivity contribution < 1.29 is 5.11 Å². The predicted octanol–water partition coefficient (Wildman–Crippen LogP) is 2.22. The van der Waals surface area contributed by atoms with Gasteiger partial charge in [0.15, 0.2) is 0 Å². The molecule has 2 atom stereocenters. The number of nitrogens with one attached hydrogen (secondary N) is 1. The molecule has 1 aliphatic heterocycles. The monoisotopic (exact) mass is 276 g/mol. The lowest BCUT2D eigenvalue weighted by Gasteiger charge is -2.31. The minimum absolute atomic E-state index is 0.250. The van der Waals surface area contributed by atoms with Crippen LogP contribution in [0.5, 0.6) is 0 Å². The van der Waals surface area contributed by atoms with Crippen LogP contribution in [0.4, 0.5) is 0 Å². The van der Waals surface area contributed by atoms with Crippen molar-refractivity contribution in [2.45, 2.75) is 44.2 Å². The highest BCUT2D eigenvalue weighted by molar-refractivity contribution is 5.20. The van der Waals surface area contributed by atoms with Gasteiger partial charge in [0.25, 0.3) is 0 Å². The van der Waals surface area contributed by atoms with E-state index in [1.165, 1.54) is 31.5 Å². The van der Waals surface area contributed by atoms with Crippen LogP contribution in [0.1, 0.15) is 37.7 Å². The first-order valence-corrected chi connectivity index (χ1v) is 7.80. The maximum Gasteiger partial charge on any atom is 0.0518 e. The third-order valence-corrected chi connectivity index (χ3v) is 4.27. The highest BCUT2D eigenvalue weighted by Gasteiger charge is 2.19. The van der Waals surface area contributed by atoms with Gasteiger partial charge in [0.05, 0.1) is 6.10 Å². The lowest BCUT2D eigenvalue weighted by Crippen LogP contribution is -2.42. The molecule has 2 unspecified atom stereocenters. The van der Waals surface area contributed by atoms with Gasteiger partial charge >= 0.3 is 0 Å². The van der Waals surface area contributed by atoms with Crippen LogP contribution in [-0.2, 0) is 0 Å². The zero-order chi connectivity index (χ0) is 14.4. The van der Waals surface area contributed by atoms with E-state index in [4.69, 9.17) is 0 Å². The van der Waals surface area contributed by atoms with Gasteiger partial charge in [0.1, 0.15) is 0 Å². The molecule has 0 bridgehead atoms. The largest absolute Gasteiger partial charge is 0.393 e. The van der Waals surface area contributed by atoms with E-state index in [1.54, 1.807) is 0 Å². The Labute approximate surface area is 123 Å². The Bertz CT molecular complexity index is 372. The molecule has 0 amide bonds. The normalized spacial score (nSPS) is 20.8. The van der Waals surface area contributed by atoms with Gasteiger partial charge in [0, 0.05) is 12.6 Å². The van der Waals surface area contributed by atoms with Gasteiger partial charge < -0.3 is 15.3 Å². The second kappa shape index (κ2) is 7.77. The van der Waals surface area contributed by atoms with E-state index in [1.807, 2.05) is 13.0 Å². The molecule has 1 aromatic rings. The molecule has 0 radical (unpaired) electrons. The molecular formula is C17H28N2O. The minimum Gasteiger partial charge on any atom is -0.393 e. The number of likely N-dealkylation sites (tertiary alicyclic amines) is 1. The summed E-state index contributed by atoms with van der Waals surface area (Å²) in [6, 6.07) is 11.2. The predicted molar refractivity (Wildman–Crippen MR) is 84.0 cm³/mol. The fraction of sp³-hybridized carbons (Fsp3) is 0.647. The average molecular weight is 276 g/mol. The van der Waals surface area contributed by atoms with Crippen LogP contribution in [0.25, 0.3) is 0 Å². The summed E-state index contributed by atoms with van der Waals surface area (Å²) in [7, 11) is 2.19. The van der Waals surface area contributed by atoms with Crippen molar-refractivity contribution in [3.05, 3.63) is 35.9 Å². The smallest absolute Gasteiger partial charge is 0.0518 e. The fourth-order valence-corrected chi connectivity index (χ4v) is 3.00. The van der Waals surface area contributed by atoms with Crippen molar-refractivity contribution >= 4 is 0 Å². The molecule has 1 saturated heterocycles. The molecule has 1 aromatic carbocycles. The van der Waals surface area contributed by atoms with Crippen molar-refractivity contribution in [3.8, 4) is 0 Å². The maximum atomic E-state index is 9.72. The van der Waals surface area contributed by atoms with Gasteiger partial charge in [-0.3, -0.25) is 0 Å². The standard InChI is InChI=1S/C17H28N2O/c1-14(20)12-16(15-6-4-3-5-7-15)13-18-17-8-10-19(2)11-9-17/h3-7,14,16-18,20H,8-13H2,1-2H3. The molecule has 0 aromatic heterocycles. The van der Waals surface area contributed by atoms with Crippen LogP contribution in [0.2, 0.25) is 0 Å². The quantitative estimate of drug-likeness (QED) is 0.836. The fourth-order valence-electron chi connectivity index (χ4n) is 3.00. The molecule has 3 nitrogen and oxygen atoms in total. The highest BCUT2D eigenvalue weighted by Crippen LogP contribution is 2.21. The third-order valence-electron chi connectivity index (χ3n) is 4.27. The Morgan fingerprint density at radius 1 is 1.25 bits per heavy atom. The summed E-state index contributed by atoms with van der Waals surface area (Å²) in [5.41, 5.74) is 1.33. The van der Waals surface area contributed by atoms with Gasteiger partial charge in [-0.25, -0.2) is 0 Å². The molecule has 1 heterocycles. The Kier molecular flexibility index (Phi) is 6.02. The molecule has 3 heteroatoms. The first-order chi connectivity index (χ1) is 9.65. The van der Waals surface area contributed by atoms with Crippen LogP contribution >= 0.6 is 0 Å². The van der Waals surface area contributed by atoms with E-state index in [2.05, 4.69) is 41.5 Å². The SMILES string of the molecule is CC(O)CC(CNC1CCN(C)CC1)c1ccccc1. The number of nitrogens with zero attached hydrogens (tertiary/aromatic N) is 1. The Hall–Kier alpha value is -0.900. The van der Waals surface area contributed by atoms with E-state index in [0.717, 1.165) is 13.0 Å². The molecule has 20 heavy (non-hydrogen) atoms. The summed E-state index contributed by atoms with van der Waals surface area (Å²) in [4.78, 5) is 2.39. The second-order valence-corrected chi connectivity index (χ2v) is 6.18. The Morgan fingerprint density at radius 2 is 1.90 bits per heavy atom. The van der Waals surface area contributed by atoms with Crippen molar-refractivity contribution in [2.24, 2.45) is 0 Å². The summed E-state index contributed by atoms with van der Waals surface area (Å²) in [5.74, 6) is 0.399. The Balaban J connectivity index is 1.88. The minimum atomic E-state index is -0.250. The Morgan fingerprint density at radius 3 is 2.50 bits per heavy atom. The second-order valence-electron chi connectivity index (χ2n) is 6.18. The molecule has 2 N–H and O–H groups in total. The van der Waals surface area contributed by atoms with Gasteiger partial charge in [-0.2, -0.15) is 0 Å². The summed E-state index contributed by atoms with van der Waals surface area (Å²) >= 11 is 0. The molecule has 1 fully saturated rings. The van der Waals surface area contributed by atoms with Crippen molar-refractivity contribution in [3.63, 3.8) is 0 Å². The summed E-state index contributed by atoms with van der Waals surface area (Å²) in [6.07, 6.45) is 3.03. The van der Waals surface area contributed by atoms with Crippen LogP contribution < -0.4 is 5.32 Å². The number of aliphatic hydroxyl groups is 1. The van der Waals surface area contributed by atoms with Crippen LogP contribution in [0, 0.1) is 0 Å². The molecule has 0 aliphatic carbocycles. The van der Waals surface area contributed by atoms with Crippen molar-refractivity contribution in [2.75, 3.05) is 26.7 Å². The average Bonchev–Trinajstić information content (AvgIpc) is 2.46. The first kappa shape index (κ1) is 15.5. The summed E-state index contributed by atoms with van der Waals surface area (Å²) in [6.45, 7) is 5.21. The van der Waals surface area contributed by atoms with Crippen molar-refractivity contribution in [1.29, 1.82) is 0 Å². The highest BCUT2D eigenvalue weighted by atomic mass is 16.3. The van der Waals surface area contributed by atoms with Crippen molar-refractivity contribution in [1.82, 2.24) is 10.2 Å². The third kappa shape index (κ3) is 4.89. The number of hydrogen-bond acceptors (Lipinski definition) is 3. The number of rotatable bonds is 6. The zero-order valence-electron chi connectivity index (χ0n) is 12.8. The molecule has 0 saturated carbocycles. The molecule has 1 aliphatic rings. The maximum absolute atomic E-state index is 9.72. The molecular weight excluding hydrogens is 248 g/mol. The van der Waals surface area contributed by atoms with Crippen LogP contribution in [0.3, 0.4) is 0 Å². The molecule has 112 valence electrons. The van der Waals surface area contributed by atoms with E-state index >= 15 is 0 Å². The zero-order valence-corrected chi connectivity index (χ0v) is 12.8. The van der Waals surface area contributed by atoms with E-state index < -0.39 is 0 Å². The lowest BCUT2D eigenvalue weighted by atomic mass is 9.92. The van der Waals surface area contributed by atoms with Gasteiger partial charge in [-0.05, 0) is 57.8 Å². The number of hydrogen-bond donors (Lipinski definition) is 2. The molecule has 2 rings (SSSR count). The van der Waals surface area contributed by atoms with E-state index in [0.29, 0.717) is 12.0 Å². The van der Waals surface area contributed by atoms with Crippen LogP contribution in [-0.4, -0.2) is 48.8 Å². The topological polar surface area (TPSA) is 35.5 Å². The number of aliphatic hydroxyl groups excluding tert-OH is 1. The van der Waals surface area contributed by atoms with E-state index in [9.17, 15) is 5.11 Å². The first-order valence-electron chi connectivity index (χ1n) is 7.80. The van der Waals surface area contributed by atoms with Gasteiger partial charge in [-0.1, -0.05) is 30.3 Å². The number of benzene rings is 1. The number of piperidine rings is 1. The molecule has 0 spiro atoms. The van der Waals surface area contributed by atoms with Crippen LogP contribution in [0.15, 0.2) is 30.3 Å². The van der Waals surface area contributed by atoms with Gasteiger partial charge in [0.2, 0.25) is 0 Å². The summed E-state index contributed by atoms with van der Waals surface area (Å²) in [5, 5.41) is 13.4. The van der Waals surface area contributed by atoms with E-state index in [-0.39, 0.29) is 6.10 Å². The van der Waals surface area contributed by atoms with Gasteiger partial charge in [-0.15, -0.1) is 0 Å².